The van der Waals surface area contributed by atoms with Gasteiger partial charge in [0.05, 0.1) is 22.2 Å². The Balaban J connectivity index is 2.05. The zero-order valence-corrected chi connectivity index (χ0v) is 19.0. The van der Waals surface area contributed by atoms with Crippen LogP contribution in [0.3, 0.4) is 0 Å². The van der Waals surface area contributed by atoms with Crippen LogP contribution in [0, 0.1) is 24.2 Å². The van der Waals surface area contributed by atoms with Gasteiger partial charge >= 0.3 is 0 Å². The molecule has 8 heteroatoms. The van der Waals surface area contributed by atoms with E-state index in [4.69, 9.17) is 0 Å². The van der Waals surface area contributed by atoms with Crippen LogP contribution in [-0.2, 0) is 4.79 Å². The summed E-state index contributed by atoms with van der Waals surface area (Å²) in [5, 5.41) is 12.6. The average Bonchev–Trinajstić information content (AvgIpc) is 2.73. The second kappa shape index (κ2) is 8.90. The number of carbonyl (C=O) groups is 1. The lowest BCUT2D eigenvalue weighted by Gasteiger charge is -2.28. The van der Waals surface area contributed by atoms with Gasteiger partial charge < -0.3 is 5.32 Å². The highest BCUT2D eigenvalue weighted by Gasteiger charge is 2.32. The van der Waals surface area contributed by atoms with Crippen molar-refractivity contribution in [1.29, 1.82) is 5.26 Å². The highest BCUT2D eigenvalue weighted by molar-refractivity contribution is 8.00. The zero-order valence-electron chi connectivity index (χ0n) is 18.2. The zero-order chi connectivity index (χ0) is 22.8. The first-order chi connectivity index (χ1) is 14.7. The van der Waals surface area contributed by atoms with Gasteiger partial charge in [0.2, 0.25) is 5.91 Å². The molecule has 2 unspecified atom stereocenters. The molecule has 0 aliphatic carbocycles. The fourth-order valence-electron chi connectivity index (χ4n) is 2.91. The van der Waals surface area contributed by atoms with Gasteiger partial charge in [-0.1, -0.05) is 37.7 Å². The minimum atomic E-state index is -0.986. The first kappa shape index (κ1) is 22.5. The van der Waals surface area contributed by atoms with Crippen molar-refractivity contribution in [2.75, 3.05) is 0 Å². The van der Waals surface area contributed by atoms with Gasteiger partial charge in [0.25, 0.3) is 5.56 Å². The first-order valence-corrected chi connectivity index (χ1v) is 10.9. The third-order valence-corrected chi connectivity index (χ3v) is 6.35. The van der Waals surface area contributed by atoms with Gasteiger partial charge in [0.15, 0.2) is 5.16 Å². The van der Waals surface area contributed by atoms with Crippen molar-refractivity contribution in [1.82, 2.24) is 19.9 Å². The van der Waals surface area contributed by atoms with Crippen molar-refractivity contribution in [3.05, 3.63) is 58.5 Å². The van der Waals surface area contributed by atoms with Crippen LogP contribution in [0.25, 0.3) is 16.7 Å². The van der Waals surface area contributed by atoms with E-state index in [0.29, 0.717) is 21.9 Å². The maximum atomic E-state index is 13.3. The molecule has 0 fully saturated rings. The van der Waals surface area contributed by atoms with Crippen LogP contribution >= 0.6 is 11.8 Å². The molecule has 3 aromatic rings. The number of nitrogens with one attached hydrogen (secondary N) is 1. The summed E-state index contributed by atoms with van der Waals surface area (Å²) < 4.78 is 1.44. The Morgan fingerprint density at radius 2 is 1.97 bits per heavy atom. The predicted octanol–water partition coefficient (Wildman–Crippen LogP) is 3.62. The van der Waals surface area contributed by atoms with Gasteiger partial charge in [0, 0.05) is 6.20 Å². The number of amides is 1. The van der Waals surface area contributed by atoms with Crippen molar-refractivity contribution in [3.63, 3.8) is 0 Å². The number of fused-ring (bicyclic) bond motifs is 1. The van der Waals surface area contributed by atoms with Crippen molar-refractivity contribution >= 4 is 28.6 Å². The number of carbonyl (C=O) groups excluding carboxylic acids is 1. The monoisotopic (exact) mass is 435 g/mol. The van der Waals surface area contributed by atoms with E-state index in [1.807, 2.05) is 32.9 Å². The number of nitriles is 1. The second-order valence-corrected chi connectivity index (χ2v) is 9.27. The molecule has 160 valence electrons. The maximum absolute atomic E-state index is 13.3. The van der Waals surface area contributed by atoms with Crippen molar-refractivity contribution < 1.29 is 4.79 Å². The van der Waals surface area contributed by atoms with E-state index in [2.05, 4.69) is 21.4 Å². The summed E-state index contributed by atoms with van der Waals surface area (Å²) in [5.41, 5.74) is 0.271. The molecule has 0 saturated heterocycles. The van der Waals surface area contributed by atoms with E-state index in [1.54, 1.807) is 44.3 Å². The molecule has 0 bridgehead atoms. The Kier molecular flexibility index (Phi) is 6.46. The number of nitrogens with zero attached hydrogens (tertiary/aromatic N) is 4. The van der Waals surface area contributed by atoms with Crippen molar-refractivity contribution in [2.45, 2.75) is 50.6 Å². The summed E-state index contributed by atoms with van der Waals surface area (Å²) >= 11 is 1.16. The molecule has 31 heavy (non-hydrogen) atoms. The smallest absolute Gasteiger partial charge is 0.267 e. The minimum absolute atomic E-state index is 0.0629. The van der Waals surface area contributed by atoms with Gasteiger partial charge in [-0.2, -0.15) is 5.26 Å². The maximum Gasteiger partial charge on any atom is 0.267 e. The minimum Gasteiger partial charge on any atom is -0.337 e. The lowest BCUT2D eigenvalue weighted by Crippen LogP contribution is -2.51. The Bertz CT molecular complexity index is 1230. The molecule has 0 aliphatic rings. The van der Waals surface area contributed by atoms with E-state index in [0.717, 1.165) is 17.3 Å². The quantitative estimate of drug-likeness (QED) is 0.469. The van der Waals surface area contributed by atoms with E-state index in [9.17, 15) is 14.9 Å². The number of pyridine rings is 1. The van der Waals surface area contributed by atoms with Crippen molar-refractivity contribution in [2.24, 2.45) is 5.92 Å². The molecule has 0 radical (unpaired) electrons. The highest BCUT2D eigenvalue weighted by atomic mass is 32.2. The van der Waals surface area contributed by atoms with Gasteiger partial charge in [-0.3, -0.25) is 9.59 Å². The van der Waals surface area contributed by atoms with E-state index in [-0.39, 0.29) is 17.4 Å². The molecule has 1 aromatic carbocycles. The number of para-hydroxylation sites is 1. The number of benzene rings is 1. The molecule has 2 atom stereocenters. The molecule has 0 spiro atoms. The van der Waals surface area contributed by atoms with Crippen LogP contribution in [0.4, 0.5) is 0 Å². The summed E-state index contributed by atoms with van der Waals surface area (Å²) in [6, 6.07) is 12.9. The SMILES string of the molecule is Cc1ccnc(-n2c(SC(C)C(=O)NC(C)(C#N)C(C)C)nc3ccccc3c2=O)c1. The fourth-order valence-corrected chi connectivity index (χ4v) is 3.82. The fraction of sp³-hybridized carbons (Fsp3) is 0.348. The van der Waals surface area contributed by atoms with Crippen LogP contribution in [0.1, 0.15) is 33.3 Å². The molecule has 2 aromatic heterocycles. The standard InChI is InChI=1S/C23H25N5O2S/c1-14(2)23(5,13-24)27-20(29)16(4)31-22-26-18-9-7-6-8-17(18)21(30)28(22)19-12-15(3)10-11-25-19/h6-12,14,16H,1-5H3,(H,27,29). The van der Waals surface area contributed by atoms with Crippen LogP contribution in [-0.4, -0.2) is 31.2 Å². The van der Waals surface area contributed by atoms with Gasteiger partial charge in [-0.15, -0.1) is 0 Å². The van der Waals surface area contributed by atoms with Crippen LogP contribution in [0.15, 0.2) is 52.5 Å². The van der Waals surface area contributed by atoms with Crippen molar-refractivity contribution in [3.8, 4) is 11.9 Å². The third-order valence-electron chi connectivity index (χ3n) is 5.30. The van der Waals surface area contributed by atoms with E-state index in [1.165, 1.54) is 4.57 Å². The summed E-state index contributed by atoms with van der Waals surface area (Å²) in [4.78, 5) is 35.2. The largest absolute Gasteiger partial charge is 0.337 e. The number of hydrogen-bond donors (Lipinski definition) is 1. The first-order valence-electron chi connectivity index (χ1n) is 10.0. The summed E-state index contributed by atoms with van der Waals surface area (Å²) in [6.07, 6.45) is 1.64. The highest BCUT2D eigenvalue weighted by Crippen LogP contribution is 2.26. The summed E-state index contributed by atoms with van der Waals surface area (Å²) in [6.45, 7) is 9.12. The number of hydrogen-bond acceptors (Lipinski definition) is 6. The topological polar surface area (TPSA) is 101 Å². The predicted molar refractivity (Wildman–Crippen MR) is 122 cm³/mol. The summed E-state index contributed by atoms with van der Waals surface area (Å²) in [5.74, 6) is 0.0865. The lowest BCUT2D eigenvalue weighted by molar-refractivity contribution is -0.121. The lowest BCUT2D eigenvalue weighted by atomic mass is 9.90. The molecule has 2 heterocycles. The van der Waals surface area contributed by atoms with Crippen LogP contribution < -0.4 is 10.9 Å². The molecule has 0 aliphatic heterocycles. The van der Waals surface area contributed by atoms with Gasteiger partial charge in [-0.25, -0.2) is 14.5 Å². The molecule has 1 amide bonds. The van der Waals surface area contributed by atoms with E-state index >= 15 is 0 Å². The Labute approximate surface area is 185 Å². The number of aryl methyl sites for hydroxylation is 1. The number of thioether (sulfide) groups is 1. The Hall–Kier alpha value is -3.18. The molecule has 7 nitrogen and oxygen atoms in total. The molecular weight excluding hydrogens is 410 g/mol. The average molecular weight is 436 g/mol. The number of aromatic nitrogens is 3. The van der Waals surface area contributed by atoms with Crippen LogP contribution in [0.2, 0.25) is 0 Å². The second-order valence-electron chi connectivity index (χ2n) is 7.96. The Morgan fingerprint density at radius 3 is 2.61 bits per heavy atom. The molecule has 0 saturated carbocycles. The summed E-state index contributed by atoms with van der Waals surface area (Å²) in [7, 11) is 0. The van der Waals surface area contributed by atoms with Gasteiger partial charge in [0.1, 0.15) is 11.4 Å². The molecular formula is C23H25N5O2S. The van der Waals surface area contributed by atoms with Crippen LogP contribution in [0.5, 0.6) is 0 Å². The van der Waals surface area contributed by atoms with E-state index < -0.39 is 10.8 Å². The van der Waals surface area contributed by atoms with Gasteiger partial charge in [-0.05, 0) is 56.5 Å². The normalized spacial score (nSPS) is 14.1. The molecule has 3 rings (SSSR count). The Morgan fingerprint density at radius 1 is 1.26 bits per heavy atom. The number of rotatable bonds is 6. The third kappa shape index (κ3) is 4.62. The molecule has 1 N–H and O–H groups in total.